The number of carbonyl (C=O) groups is 1. The molecule has 2 fully saturated rings. The van der Waals surface area contributed by atoms with Gasteiger partial charge in [-0.05, 0) is 55.7 Å². The van der Waals surface area contributed by atoms with Crippen molar-refractivity contribution in [1.29, 1.82) is 0 Å². The number of nitrogens with one attached hydrogen (secondary N) is 1. The fraction of sp³-hybridized carbons (Fsp3) is 0.350. The van der Waals surface area contributed by atoms with Crippen molar-refractivity contribution in [1.82, 2.24) is 0 Å². The first-order valence-electron chi connectivity index (χ1n) is 9.21. The summed E-state index contributed by atoms with van der Waals surface area (Å²) in [4.78, 5) is 12.9. The number of ether oxygens (including phenoxy) is 1. The average molecular weight is 440 g/mol. The molecular weight excluding hydrogens is 421 g/mol. The topological polar surface area (TPSA) is 75.7 Å². The van der Waals surface area contributed by atoms with Crippen LogP contribution in [0, 0.1) is 19.8 Å². The summed E-state index contributed by atoms with van der Waals surface area (Å²) in [6, 6.07) is 10.1. The number of fused-ring (bicyclic) bond motifs is 1. The molecule has 1 amide bonds. The van der Waals surface area contributed by atoms with Gasteiger partial charge in [0.15, 0.2) is 4.75 Å². The van der Waals surface area contributed by atoms with Crippen LogP contribution in [0.3, 0.4) is 0 Å². The average Bonchev–Trinajstić information content (AvgIpc) is 3.32. The van der Waals surface area contributed by atoms with Gasteiger partial charge in [0.2, 0.25) is 15.9 Å². The summed E-state index contributed by atoms with van der Waals surface area (Å²) in [7, 11) is -3.96. The van der Waals surface area contributed by atoms with Gasteiger partial charge in [0.05, 0.1) is 5.69 Å². The largest absolute Gasteiger partial charge is 0.573 e. The first kappa shape index (κ1) is 20.5. The maximum atomic E-state index is 13.3. The number of hydrogen-bond donors (Lipinski definition) is 1. The lowest BCUT2D eigenvalue weighted by molar-refractivity contribution is -0.274. The molecule has 2 aliphatic rings. The predicted molar refractivity (Wildman–Crippen MR) is 105 cm³/mol. The number of carbonyl (C=O) groups excluding carboxylic acids is 1. The molecule has 1 N–H and O–H groups in total. The smallest absolute Gasteiger partial charge is 0.406 e. The fourth-order valence-electron chi connectivity index (χ4n) is 4.11. The van der Waals surface area contributed by atoms with Gasteiger partial charge in [0.1, 0.15) is 5.75 Å². The number of benzene rings is 2. The molecule has 2 aromatic rings. The summed E-state index contributed by atoms with van der Waals surface area (Å²) >= 11 is 0. The van der Waals surface area contributed by atoms with Gasteiger partial charge in [0, 0.05) is 18.2 Å². The number of aryl methyl sites for hydroxylation is 2. The number of halogens is 3. The van der Waals surface area contributed by atoms with Crippen LogP contribution in [0.2, 0.25) is 0 Å². The Labute approximate surface area is 171 Å². The Morgan fingerprint density at radius 2 is 1.73 bits per heavy atom. The Bertz CT molecular complexity index is 1100. The van der Waals surface area contributed by atoms with Gasteiger partial charge in [-0.25, -0.2) is 8.42 Å². The molecule has 2 aromatic carbocycles. The van der Waals surface area contributed by atoms with E-state index in [1.165, 1.54) is 16.4 Å². The van der Waals surface area contributed by atoms with Crippen LogP contribution >= 0.6 is 0 Å². The van der Waals surface area contributed by atoms with Gasteiger partial charge >= 0.3 is 6.36 Å². The van der Waals surface area contributed by atoms with Crippen LogP contribution in [0.25, 0.3) is 0 Å². The molecule has 1 aliphatic carbocycles. The summed E-state index contributed by atoms with van der Waals surface area (Å²) in [5, 5.41) is 2.53. The Morgan fingerprint density at radius 1 is 1.13 bits per heavy atom. The highest BCUT2D eigenvalue weighted by atomic mass is 32.2. The molecule has 2 atom stereocenters. The zero-order chi connectivity index (χ0) is 21.9. The standard InChI is InChI=1S/C20H19F3N2O4S/c1-12-4-3-5-13(2)17(12)25-11-14-10-19(14,30(25,27)28)18(26)24-15-6-8-16(9-7-15)29-20(21,22)23/h3-9,14H,10-11H2,1-2H3,(H,24,26)/t14-,19+/m0/s1. The molecule has 4 rings (SSSR count). The highest BCUT2D eigenvalue weighted by Gasteiger charge is 2.75. The van der Waals surface area contributed by atoms with Crippen molar-refractivity contribution in [2.75, 3.05) is 16.2 Å². The highest BCUT2D eigenvalue weighted by molar-refractivity contribution is 7.95. The number of alkyl halides is 3. The minimum atomic E-state index is -4.82. The molecule has 0 bridgehead atoms. The van der Waals surface area contributed by atoms with Gasteiger partial charge in [-0.2, -0.15) is 0 Å². The van der Waals surface area contributed by atoms with Crippen LogP contribution < -0.4 is 14.4 Å². The van der Waals surface area contributed by atoms with E-state index in [2.05, 4.69) is 10.1 Å². The summed E-state index contributed by atoms with van der Waals surface area (Å²) in [5.41, 5.74) is 2.38. The van der Waals surface area contributed by atoms with E-state index in [-0.39, 0.29) is 24.6 Å². The normalized spacial score (nSPS) is 24.3. The molecule has 0 radical (unpaired) electrons. The van der Waals surface area contributed by atoms with E-state index in [0.29, 0.717) is 5.69 Å². The molecule has 30 heavy (non-hydrogen) atoms. The third-order valence-corrected chi connectivity index (χ3v) is 8.12. The van der Waals surface area contributed by atoms with E-state index < -0.39 is 32.8 Å². The molecule has 1 aliphatic heterocycles. The van der Waals surface area contributed by atoms with Gasteiger partial charge in [-0.3, -0.25) is 9.10 Å². The zero-order valence-corrected chi connectivity index (χ0v) is 17.0. The predicted octanol–water partition coefficient (Wildman–Crippen LogP) is 3.75. The van der Waals surface area contributed by atoms with E-state index in [4.69, 9.17) is 0 Å². The molecule has 160 valence electrons. The molecule has 10 heteroatoms. The molecule has 1 saturated carbocycles. The van der Waals surface area contributed by atoms with E-state index in [1.54, 1.807) is 0 Å². The number of para-hydroxylation sites is 1. The molecule has 0 spiro atoms. The van der Waals surface area contributed by atoms with Gasteiger partial charge in [-0.1, -0.05) is 18.2 Å². The maximum absolute atomic E-state index is 13.3. The zero-order valence-electron chi connectivity index (χ0n) is 16.2. The number of sulfonamides is 1. The number of amides is 1. The van der Waals surface area contributed by atoms with E-state index >= 15 is 0 Å². The summed E-state index contributed by atoms with van der Waals surface area (Å²) in [5.74, 6) is -1.45. The van der Waals surface area contributed by atoms with Crippen LogP contribution in [0.4, 0.5) is 24.5 Å². The summed E-state index contributed by atoms with van der Waals surface area (Å²) in [6.07, 6.45) is -4.60. The Hall–Kier alpha value is -2.75. The van der Waals surface area contributed by atoms with Crippen molar-refractivity contribution >= 4 is 27.3 Å². The molecule has 6 nitrogen and oxygen atoms in total. The van der Waals surface area contributed by atoms with E-state index in [9.17, 15) is 26.4 Å². The molecular formula is C20H19F3N2O4S. The number of rotatable bonds is 4. The Balaban J connectivity index is 1.56. The fourth-order valence-corrected chi connectivity index (χ4v) is 6.60. The monoisotopic (exact) mass is 440 g/mol. The summed E-state index contributed by atoms with van der Waals surface area (Å²) < 4.78 is 67.0. The van der Waals surface area contributed by atoms with Crippen LogP contribution in [0.15, 0.2) is 42.5 Å². The van der Waals surface area contributed by atoms with E-state index in [1.807, 2.05) is 32.0 Å². The SMILES string of the molecule is Cc1cccc(C)c1N1C[C@@H]2C[C@@]2(C(=O)Nc2ccc(OC(F)(F)F)cc2)S1(=O)=O. The first-order chi connectivity index (χ1) is 14.0. The quantitative estimate of drug-likeness (QED) is 0.786. The number of hydrogen-bond acceptors (Lipinski definition) is 4. The van der Waals surface area contributed by atoms with Crippen molar-refractivity contribution in [3.8, 4) is 5.75 Å². The lowest BCUT2D eigenvalue weighted by Gasteiger charge is -2.26. The lowest BCUT2D eigenvalue weighted by Crippen LogP contribution is -2.42. The van der Waals surface area contributed by atoms with Crippen molar-refractivity contribution in [2.24, 2.45) is 5.92 Å². The van der Waals surface area contributed by atoms with Gasteiger partial charge in [-0.15, -0.1) is 13.2 Å². The van der Waals surface area contributed by atoms with Crippen LogP contribution in [0.1, 0.15) is 17.5 Å². The molecule has 0 unspecified atom stereocenters. The first-order valence-corrected chi connectivity index (χ1v) is 10.7. The van der Waals surface area contributed by atoms with Crippen LogP contribution in [-0.4, -0.2) is 32.0 Å². The highest BCUT2D eigenvalue weighted by Crippen LogP contribution is 2.59. The van der Waals surface area contributed by atoms with Crippen LogP contribution in [0.5, 0.6) is 5.75 Å². The maximum Gasteiger partial charge on any atom is 0.573 e. The minimum Gasteiger partial charge on any atom is -0.406 e. The minimum absolute atomic E-state index is 0.190. The van der Waals surface area contributed by atoms with Crippen molar-refractivity contribution in [3.63, 3.8) is 0 Å². The van der Waals surface area contributed by atoms with Crippen molar-refractivity contribution < 1.29 is 31.1 Å². The number of anilines is 2. The number of nitrogens with zero attached hydrogens (tertiary/aromatic N) is 1. The third-order valence-electron chi connectivity index (χ3n) is 5.60. The second-order valence-corrected chi connectivity index (χ2v) is 9.71. The molecule has 0 aromatic heterocycles. The molecule has 1 heterocycles. The second-order valence-electron chi connectivity index (χ2n) is 7.59. The lowest BCUT2D eigenvalue weighted by atomic mass is 10.1. The van der Waals surface area contributed by atoms with Gasteiger partial charge < -0.3 is 10.1 Å². The van der Waals surface area contributed by atoms with Crippen LogP contribution in [-0.2, 0) is 14.8 Å². The van der Waals surface area contributed by atoms with E-state index in [0.717, 1.165) is 23.3 Å². The third kappa shape index (κ3) is 3.19. The van der Waals surface area contributed by atoms with Crippen molar-refractivity contribution in [2.45, 2.75) is 31.4 Å². The second kappa shape index (κ2) is 6.63. The Morgan fingerprint density at radius 3 is 2.30 bits per heavy atom. The van der Waals surface area contributed by atoms with Crippen molar-refractivity contribution in [3.05, 3.63) is 53.6 Å². The molecule has 1 saturated heterocycles. The van der Waals surface area contributed by atoms with Gasteiger partial charge in [0.25, 0.3) is 0 Å². The summed E-state index contributed by atoms with van der Waals surface area (Å²) in [6.45, 7) is 3.86. The Kier molecular flexibility index (Phi) is 4.53.